The molecule has 0 heterocycles. The van der Waals surface area contributed by atoms with Crippen LogP contribution in [0.1, 0.15) is 37.6 Å². The Hall–Kier alpha value is -2.44. The number of carbonyl (C=O) groups is 2. The molecule has 1 saturated carbocycles. The Morgan fingerprint density at radius 3 is 2.27 bits per heavy atom. The van der Waals surface area contributed by atoms with Crippen LogP contribution in [0.2, 0.25) is 0 Å². The van der Waals surface area contributed by atoms with Gasteiger partial charge in [0, 0.05) is 28.1 Å². The number of amides is 2. The molecule has 0 unspecified atom stereocenters. The van der Waals surface area contributed by atoms with E-state index in [0.29, 0.717) is 11.3 Å². The first-order valence-electron chi connectivity index (χ1n) is 7.04. The van der Waals surface area contributed by atoms with Gasteiger partial charge >= 0.3 is 0 Å². The molecule has 2 rings (SSSR count). The largest absolute Gasteiger partial charge is 0.347 e. The van der Waals surface area contributed by atoms with Crippen LogP contribution in [0.3, 0.4) is 0 Å². The van der Waals surface area contributed by atoms with Crippen LogP contribution in [0.15, 0.2) is 24.3 Å². The molecule has 0 radical (unpaired) electrons. The Labute approximate surface area is 128 Å². The zero-order valence-corrected chi connectivity index (χ0v) is 12.8. The number of nitrogens with zero attached hydrogens (tertiary/aromatic N) is 1. The van der Waals surface area contributed by atoms with E-state index in [1.807, 2.05) is 20.8 Å². The van der Waals surface area contributed by atoms with Crippen molar-refractivity contribution >= 4 is 17.5 Å². The zero-order chi connectivity index (χ0) is 16.5. The van der Waals surface area contributed by atoms with Gasteiger partial charge in [-0.3, -0.25) is 19.7 Å². The molecule has 2 N–H and O–H groups in total. The Balaban J connectivity index is 1.94. The molecule has 1 aliphatic carbocycles. The topological polar surface area (TPSA) is 101 Å². The summed E-state index contributed by atoms with van der Waals surface area (Å²) in [5.41, 5.74) is 0.682. The molecule has 1 aliphatic rings. The minimum Gasteiger partial charge on any atom is -0.347 e. The van der Waals surface area contributed by atoms with Crippen LogP contribution < -0.4 is 10.6 Å². The van der Waals surface area contributed by atoms with Gasteiger partial charge in [0.25, 0.3) is 5.91 Å². The van der Waals surface area contributed by atoms with Crippen LogP contribution in [0.25, 0.3) is 0 Å². The van der Waals surface area contributed by atoms with Crippen LogP contribution in [0.5, 0.6) is 0 Å². The minimum atomic E-state index is -0.767. The van der Waals surface area contributed by atoms with E-state index in [1.54, 1.807) is 24.3 Å². The number of carbonyl (C=O) groups excluding carboxylic acids is 2. The van der Waals surface area contributed by atoms with Gasteiger partial charge < -0.3 is 10.6 Å². The van der Waals surface area contributed by atoms with Gasteiger partial charge in [0.1, 0.15) is 5.92 Å². The predicted molar refractivity (Wildman–Crippen MR) is 81.2 cm³/mol. The van der Waals surface area contributed by atoms with Crippen molar-refractivity contribution in [2.45, 2.75) is 38.8 Å². The summed E-state index contributed by atoms with van der Waals surface area (Å²) >= 11 is 0. The summed E-state index contributed by atoms with van der Waals surface area (Å²) in [7, 11) is 0. The van der Waals surface area contributed by atoms with Crippen molar-refractivity contribution in [1.29, 1.82) is 0 Å². The van der Waals surface area contributed by atoms with Crippen LogP contribution in [-0.4, -0.2) is 28.3 Å². The van der Waals surface area contributed by atoms with Gasteiger partial charge in [0.15, 0.2) is 0 Å². The van der Waals surface area contributed by atoms with Crippen molar-refractivity contribution in [2.75, 3.05) is 5.32 Å². The predicted octanol–water partition coefficient (Wildman–Crippen LogP) is 1.82. The minimum absolute atomic E-state index is 0.194. The van der Waals surface area contributed by atoms with Gasteiger partial charge in [0.05, 0.1) is 0 Å². The van der Waals surface area contributed by atoms with Gasteiger partial charge in [-0.05, 0) is 45.0 Å². The quantitative estimate of drug-likeness (QED) is 0.654. The fourth-order valence-electron chi connectivity index (χ4n) is 2.05. The lowest BCUT2D eigenvalue weighted by Gasteiger charge is -2.20. The van der Waals surface area contributed by atoms with E-state index in [9.17, 15) is 19.7 Å². The van der Waals surface area contributed by atoms with E-state index < -0.39 is 16.9 Å². The van der Waals surface area contributed by atoms with Gasteiger partial charge in [-0.25, -0.2) is 0 Å². The van der Waals surface area contributed by atoms with Gasteiger partial charge in [-0.1, -0.05) is 0 Å². The fourth-order valence-corrected chi connectivity index (χ4v) is 2.05. The van der Waals surface area contributed by atoms with E-state index >= 15 is 0 Å². The molecule has 0 bridgehead atoms. The third-order valence-corrected chi connectivity index (χ3v) is 3.27. The standard InChI is InChI=1S/C15H19N3O4/c1-15(2,3)17-13(19)9-4-6-10(7-5-9)16-14(20)11-8-12(11)18(21)22/h4-7,11-12H,8H2,1-3H3,(H,16,20)(H,17,19)/t11-,12+/m1/s1. The molecule has 2 amide bonds. The lowest BCUT2D eigenvalue weighted by Crippen LogP contribution is -2.40. The Kier molecular flexibility index (Phi) is 4.16. The van der Waals surface area contributed by atoms with Crippen molar-refractivity contribution in [3.8, 4) is 0 Å². The average Bonchev–Trinajstić information content (AvgIpc) is 3.17. The molecule has 0 aliphatic heterocycles. The molecule has 2 atom stereocenters. The number of benzene rings is 1. The van der Waals surface area contributed by atoms with Gasteiger partial charge in [0.2, 0.25) is 11.9 Å². The molecule has 7 nitrogen and oxygen atoms in total. The van der Waals surface area contributed by atoms with Gasteiger partial charge in [-0.2, -0.15) is 0 Å². The Bertz CT molecular complexity index is 604. The van der Waals surface area contributed by atoms with Crippen LogP contribution in [-0.2, 0) is 4.79 Å². The van der Waals surface area contributed by atoms with Crippen molar-refractivity contribution in [2.24, 2.45) is 5.92 Å². The second-order valence-electron chi connectivity index (χ2n) is 6.47. The number of nitrogens with one attached hydrogen (secondary N) is 2. The molecule has 0 spiro atoms. The van der Waals surface area contributed by atoms with Crippen molar-refractivity contribution in [3.63, 3.8) is 0 Å². The molecule has 1 aromatic rings. The summed E-state index contributed by atoms with van der Waals surface area (Å²) < 4.78 is 0. The summed E-state index contributed by atoms with van der Waals surface area (Å²) in [5.74, 6) is -1.10. The molecular weight excluding hydrogens is 286 g/mol. The van der Waals surface area contributed by atoms with E-state index in [-0.39, 0.29) is 23.8 Å². The number of hydrogen-bond acceptors (Lipinski definition) is 4. The van der Waals surface area contributed by atoms with E-state index in [0.717, 1.165) is 0 Å². The van der Waals surface area contributed by atoms with Gasteiger partial charge in [-0.15, -0.1) is 0 Å². The molecule has 1 aromatic carbocycles. The lowest BCUT2D eigenvalue weighted by atomic mass is 10.1. The number of rotatable bonds is 4. The first-order chi connectivity index (χ1) is 10.2. The summed E-state index contributed by atoms with van der Waals surface area (Å²) in [6, 6.07) is 5.66. The highest BCUT2D eigenvalue weighted by atomic mass is 16.6. The number of hydrogen-bond donors (Lipinski definition) is 2. The molecule has 7 heteroatoms. The third kappa shape index (κ3) is 4.03. The smallest absolute Gasteiger partial charge is 0.251 e. The third-order valence-electron chi connectivity index (χ3n) is 3.27. The maximum atomic E-state index is 12.0. The first-order valence-corrected chi connectivity index (χ1v) is 7.04. The molecule has 1 fully saturated rings. The number of anilines is 1. The summed E-state index contributed by atoms with van der Waals surface area (Å²) in [4.78, 5) is 33.9. The highest BCUT2D eigenvalue weighted by Crippen LogP contribution is 2.34. The second-order valence-corrected chi connectivity index (χ2v) is 6.47. The van der Waals surface area contributed by atoms with E-state index in [1.165, 1.54) is 0 Å². The fraction of sp³-hybridized carbons (Fsp3) is 0.467. The molecule has 22 heavy (non-hydrogen) atoms. The lowest BCUT2D eigenvalue weighted by molar-refractivity contribution is -0.497. The monoisotopic (exact) mass is 305 g/mol. The maximum Gasteiger partial charge on any atom is 0.251 e. The molecular formula is C15H19N3O4. The summed E-state index contributed by atoms with van der Waals surface area (Å²) in [6.45, 7) is 5.67. The Morgan fingerprint density at radius 1 is 1.23 bits per heavy atom. The Morgan fingerprint density at radius 2 is 1.82 bits per heavy atom. The number of nitro groups is 1. The molecule has 118 valence electrons. The highest BCUT2D eigenvalue weighted by molar-refractivity contribution is 5.97. The molecule has 0 aromatic heterocycles. The average molecular weight is 305 g/mol. The van der Waals surface area contributed by atoms with E-state index in [4.69, 9.17) is 0 Å². The van der Waals surface area contributed by atoms with Crippen molar-refractivity contribution in [3.05, 3.63) is 39.9 Å². The second kappa shape index (κ2) is 5.75. The van der Waals surface area contributed by atoms with Crippen LogP contribution >= 0.6 is 0 Å². The maximum absolute atomic E-state index is 12.0. The molecule has 0 saturated heterocycles. The summed E-state index contributed by atoms with van der Waals surface area (Å²) in [5, 5.41) is 16.0. The normalized spacial score (nSPS) is 20.1. The van der Waals surface area contributed by atoms with E-state index in [2.05, 4.69) is 10.6 Å². The van der Waals surface area contributed by atoms with Crippen molar-refractivity contribution < 1.29 is 14.5 Å². The summed E-state index contributed by atoms with van der Waals surface area (Å²) in [6.07, 6.45) is 0.283. The zero-order valence-electron chi connectivity index (χ0n) is 12.8. The van der Waals surface area contributed by atoms with Crippen LogP contribution in [0, 0.1) is 16.0 Å². The SMILES string of the molecule is CC(C)(C)NC(=O)c1ccc(NC(=O)[C@@H]2C[C@@H]2[N+](=O)[O-])cc1. The highest BCUT2D eigenvalue weighted by Gasteiger charge is 2.53. The van der Waals surface area contributed by atoms with Crippen molar-refractivity contribution in [1.82, 2.24) is 5.32 Å². The van der Waals surface area contributed by atoms with Crippen LogP contribution in [0.4, 0.5) is 5.69 Å². The first kappa shape index (κ1) is 15.9.